The van der Waals surface area contributed by atoms with Crippen molar-refractivity contribution in [2.75, 3.05) is 6.61 Å². The zero-order chi connectivity index (χ0) is 8.32. The van der Waals surface area contributed by atoms with Gasteiger partial charge in [-0.25, -0.2) is 0 Å². The van der Waals surface area contributed by atoms with E-state index >= 15 is 0 Å². The van der Waals surface area contributed by atoms with Gasteiger partial charge in [0.1, 0.15) is 0 Å². The summed E-state index contributed by atoms with van der Waals surface area (Å²) in [5, 5.41) is 0. The molecule has 0 aromatic rings. The Morgan fingerprint density at radius 3 is 3.09 bits per heavy atom. The minimum Gasteiger partial charge on any atom is -0.465 e. The molecule has 0 spiro atoms. The van der Waals surface area contributed by atoms with E-state index in [1.807, 2.05) is 6.92 Å². The number of hydrogen-bond acceptors (Lipinski definition) is 2. The first-order chi connectivity index (χ1) is 5.19. The largest absolute Gasteiger partial charge is 0.465 e. The van der Waals surface area contributed by atoms with E-state index in [1.54, 1.807) is 6.08 Å². The minimum atomic E-state index is -0.292. The summed E-state index contributed by atoms with van der Waals surface area (Å²) in [6.45, 7) is 6.16. The molecular weight excluding hydrogens is 140 g/mol. The van der Waals surface area contributed by atoms with Gasteiger partial charge in [0.15, 0.2) is 0 Å². The van der Waals surface area contributed by atoms with Crippen LogP contribution in [0, 0.1) is 5.41 Å². The third-order valence-electron chi connectivity index (χ3n) is 2.19. The molecule has 1 aliphatic rings. The molecule has 2 nitrogen and oxygen atoms in total. The first-order valence-electron chi connectivity index (χ1n) is 3.97. The molecule has 0 aromatic carbocycles. The lowest BCUT2D eigenvalue weighted by atomic mass is 9.81. The standard InChI is InChI=1S/C9H14O2/c1-3-5-9(2)6-4-7-11-8(9)10/h3H,1,4-7H2,2H3/t9-/m0/s1. The van der Waals surface area contributed by atoms with Crippen molar-refractivity contribution in [1.29, 1.82) is 0 Å². The van der Waals surface area contributed by atoms with E-state index in [0.29, 0.717) is 6.61 Å². The molecule has 1 rings (SSSR count). The fraction of sp³-hybridized carbons (Fsp3) is 0.667. The van der Waals surface area contributed by atoms with Gasteiger partial charge in [-0.15, -0.1) is 6.58 Å². The van der Waals surface area contributed by atoms with E-state index in [-0.39, 0.29) is 11.4 Å². The van der Waals surface area contributed by atoms with E-state index in [9.17, 15) is 4.79 Å². The van der Waals surface area contributed by atoms with Gasteiger partial charge in [-0.2, -0.15) is 0 Å². The van der Waals surface area contributed by atoms with Crippen molar-refractivity contribution >= 4 is 5.97 Å². The molecule has 0 unspecified atom stereocenters. The van der Waals surface area contributed by atoms with Crippen LogP contribution < -0.4 is 0 Å². The molecule has 0 amide bonds. The second kappa shape index (κ2) is 3.07. The van der Waals surface area contributed by atoms with E-state index < -0.39 is 0 Å². The van der Waals surface area contributed by atoms with Gasteiger partial charge in [-0.05, 0) is 26.2 Å². The molecule has 0 bridgehead atoms. The zero-order valence-electron chi connectivity index (χ0n) is 6.93. The normalized spacial score (nSPS) is 31.2. The molecule has 0 radical (unpaired) electrons. The number of rotatable bonds is 2. The molecule has 0 N–H and O–H groups in total. The molecule has 11 heavy (non-hydrogen) atoms. The lowest BCUT2D eigenvalue weighted by molar-refractivity contribution is -0.160. The highest BCUT2D eigenvalue weighted by Crippen LogP contribution is 2.32. The van der Waals surface area contributed by atoms with Gasteiger partial charge in [-0.1, -0.05) is 6.08 Å². The summed E-state index contributed by atoms with van der Waals surface area (Å²) in [6, 6.07) is 0. The van der Waals surface area contributed by atoms with Gasteiger partial charge >= 0.3 is 5.97 Å². The topological polar surface area (TPSA) is 26.3 Å². The second-order valence-electron chi connectivity index (χ2n) is 3.29. The maximum atomic E-state index is 11.2. The Balaban J connectivity index is 2.64. The van der Waals surface area contributed by atoms with Crippen LogP contribution in [0.15, 0.2) is 12.7 Å². The van der Waals surface area contributed by atoms with Gasteiger partial charge in [0.2, 0.25) is 0 Å². The molecule has 1 atom stereocenters. The molecular formula is C9H14O2. The van der Waals surface area contributed by atoms with Crippen LogP contribution in [0.1, 0.15) is 26.2 Å². The Morgan fingerprint density at radius 2 is 2.55 bits per heavy atom. The number of cyclic esters (lactones) is 1. The van der Waals surface area contributed by atoms with Gasteiger partial charge in [0, 0.05) is 0 Å². The van der Waals surface area contributed by atoms with Gasteiger partial charge in [0.25, 0.3) is 0 Å². The highest BCUT2D eigenvalue weighted by molar-refractivity contribution is 5.77. The molecule has 0 aromatic heterocycles. The lowest BCUT2D eigenvalue weighted by Gasteiger charge is -2.30. The molecule has 62 valence electrons. The number of esters is 1. The van der Waals surface area contributed by atoms with Crippen LogP contribution in [0.3, 0.4) is 0 Å². The lowest BCUT2D eigenvalue weighted by Crippen LogP contribution is -2.34. The van der Waals surface area contributed by atoms with Crippen LogP contribution >= 0.6 is 0 Å². The molecule has 2 heteroatoms. The second-order valence-corrected chi connectivity index (χ2v) is 3.29. The summed E-state index contributed by atoms with van der Waals surface area (Å²) in [6.07, 6.45) is 4.42. The molecule has 0 aliphatic carbocycles. The van der Waals surface area contributed by atoms with Crippen LogP contribution in [-0.4, -0.2) is 12.6 Å². The molecule has 0 saturated carbocycles. The third-order valence-corrected chi connectivity index (χ3v) is 2.19. The van der Waals surface area contributed by atoms with Crippen molar-refractivity contribution in [3.8, 4) is 0 Å². The predicted octanol–water partition coefficient (Wildman–Crippen LogP) is 1.91. The summed E-state index contributed by atoms with van der Waals surface area (Å²) in [5.41, 5.74) is -0.292. The monoisotopic (exact) mass is 154 g/mol. The maximum absolute atomic E-state index is 11.2. The minimum absolute atomic E-state index is 0.0661. The van der Waals surface area contributed by atoms with Crippen molar-refractivity contribution in [1.82, 2.24) is 0 Å². The Kier molecular flexibility index (Phi) is 2.32. The van der Waals surface area contributed by atoms with Crippen LogP contribution in [-0.2, 0) is 9.53 Å². The zero-order valence-corrected chi connectivity index (χ0v) is 6.93. The summed E-state index contributed by atoms with van der Waals surface area (Å²) >= 11 is 0. The molecule has 1 aliphatic heterocycles. The Labute approximate surface area is 67.2 Å². The van der Waals surface area contributed by atoms with E-state index in [2.05, 4.69) is 6.58 Å². The number of hydrogen-bond donors (Lipinski definition) is 0. The number of ether oxygens (including phenoxy) is 1. The van der Waals surface area contributed by atoms with Crippen molar-refractivity contribution in [2.24, 2.45) is 5.41 Å². The average Bonchev–Trinajstić information content (AvgIpc) is 1.96. The first-order valence-corrected chi connectivity index (χ1v) is 3.97. The smallest absolute Gasteiger partial charge is 0.312 e. The average molecular weight is 154 g/mol. The summed E-state index contributed by atoms with van der Waals surface area (Å²) in [7, 11) is 0. The number of carbonyl (C=O) groups is 1. The Bertz CT molecular complexity index is 174. The van der Waals surface area contributed by atoms with Crippen LogP contribution in [0.4, 0.5) is 0 Å². The van der Waals surface area contributed by atoms with Crippen LogP contribution in [0.2, 0.25) is 0 Å². The fourth-order valence-corrected chi connectivity index (χ4v) is 1.41. The predicted molar refractivity (Wildman–Crippen MR) is 43.1 cm³/mol. The number of allylic oxidation sites excluding steroid dienone is 1. The van der Waals surface area contributed by atoms with Gasteiger partial charge in [-0.3, -0.25) is 4.79 Å². The van der Waals surface area contributed by atoms with Crippen molar-refractivity contribution < 1.29 is 9.53 Å². The fourth-order valence-electron chi connectivity index (χ4n) is 1.41. The summed E-state index contributed by atoms with van der Waals surface area (Å²) < 4.78 is 4.96. The van der Waals surface area contributed by atoms with E-state index in [1.165, 1.54) is 0 Å². The van der Waals surface area contributed by atoms with Crippen LogP contribution in [0.25, 0.3) is 0 Å². The molecule has 1 saturated heterocycles. The molecule has 1 fully saturated rings. The molecule has 1 heterocycles. The van der Waals surface area contributed by atoms with Crippen molar-refractivity contribution in [2.45, 2.75) is 26.2 Å². The summed E-state index contributed by atoms with van der Waals surface area (Å²) in [5.74, 6) is -0.0661. The van der Waals surface area contributed by atoms with Gasteiger partial charge < -0.3 is 4.74 Å². The maximum Gasteiger partial charge on any atom is 0.312 e. The van der Waals surface area contributed by atoms with E-state index in [0.717, 1.165) is 19.3 Å². The number of carbonyl (C=O) groups excluding carboxylic acids is 1. The summed E-state index contributed by atoms with van der Waals surface area (Å²) in [4.78, 5) is 11.2. The SMILES string of the molecule is C=CC[C@@]1(C)CCCOC1=O. The first kappa shape index (κ1) is 8.31. The quantitative estimate of drug-likeness (QED) is 0.448. The van der Waals surface area contributed by atoms with E-state index in [4.69, 9.17) is 4.74 Å². The highest BCUT2D eigenvalue weighted by atomic mass is 16.5. The van der Waals surface area contributed by atoms with Crippen molar-refractivity contribution in [3.05, 3.63) is 12.7 Å². The Morgan fingerprint density at radius 1 is 1.82 bits per heavy atom. The highest BCUT2D eigenvalue weighted by Gasteiger charge is 2.35. The Hall–Kier alpha value is -0.790. The van der Waals surface area contributed by atoms with Gasteiger partial charge in [0.05, 0.1) is 12.0 Å². The van der Waals surface area contributed by atoms with Crippen LogP contribution in [0.5, 0.6) is 0 Å². The third kappa shape index (κ3) is 1.62. The van der Waals surface area contributed by atoms with Crippen molar-refractivity contribution in [3.63, 3.8) is 0 Å².